The van der Waals surface area contributed by atoms with E-state index in [2.05, 4.69) is 4.98 Å². The van der Waals surface area contributed by atoms with Gasteiger partial charge < -0.3 is 0 Å². The minimum Gasteiger partial charge on any atom is -0.255 e. The number of nitrogens with zero attached hydrogens (tertiary/aromatic N) is 1. The van der Waals surface area contributed by atoms with Gasteiger partial charge in [-0.1, -0.05) is 18.2 Å². The van der Waals surface area contributed by atoms with Crippen molar-refractivity contribution < 1.29 is 8.60 Å². The summed E-state index contributed by atoms with van der Waals surface area (Å²) in [5.41, 5.74) is 0.715. The number of fused-ring (bicyclic) bond motifs is 1. The van der Waals surface area contributed by atoms with Crippen molar-refractivity contribution in [3.8, 4) is 0 Å². The third-order valence-corrected chi connectivity index (χ3v) is 4.25. The van der Waals surface area contributed by atoms with E-state index in [0.29, 0.717) is 15.3 Å². The Morgan fingerprint density at radius 2 is 1.68 bits per heavy atom. The monoisotopic (exact) mass is 271 g/mol. The molecule has 0 spiro atoms. The van der Waals surface area contributed by atoms with Gasteiger partial charge in [-0.15, -0.1) is 0 Å². The molecule has 0 N–H and O–H groups in total. The molecule has 0 saturated heterocycles. The van der Waals surface area contributed by atoms with Crippen LogP contribution < -0.4 is 0 Å². The molecule has 0 aliphatic rings. The van der Waals surface area contributed by atoms with Crippen molar-refractivity contribution in [2.45, 2.75) is 9.79 Å². The van der Waals surface area contributed by atoms with Gasteiger partial charge in [0, 0.05) is 16.5 Å². The normalized spacial score (nSPS) is 12.5. The highest BCUT2D eigenvalue weighted by Crippen LogP contribution is 2.23. The molecule has 0 radical (unpaired) electrons. The predicted octanol–water partition coefficient (Wildman–Crippen LogP) is 3.54. The largest absolute Gasteiger partial charge is 0.255 e. The summed E-state index contributed by atoms with van der Waals surface area (Å²) in [7, 11) is -1.36. The van der Waals surface area contributed by atoms with Gasteiger partial charge in [-0.05, 0) is 36.4 Å². The molecule has 1 heterocycles. The number of rotatable bonds is 2. The minimum absolute atomic E-state index is 0.336. The first-order valence-electron chi connectivity index (χ1n) is 5.77. The molecule has 4 heteroatoms. The highest BCUT2D eigenvalue weighted by Gasteiger charge is 2.11. The molecule has 0 saturated carbocycles. The number of hydrogen-bond acceptors (Lipinski definition) is 2. The summed E-state index contributed by atoms with van der Waals surface area (Å²) in [6.07, 6.45) is 1.67. The lowest BCUT2D eigenvalue weighted by molar-refractivity contribution is 0.626. The molecule has 0 fully saturated rings. The van der Waals surface area contributed by atoms with E-state index in [9.17, 15) is 8.60 Å². The fourth-order valence-corrected chi connectivity index (χ4v) is 3.10. The lowest BCUT2D eigenvalue weighted by Gasteiger charge is -2.05. The first-order valence-corrected chi connectivity index (χ1v) is 6.92. The van der Waals surface area contributed by atoms with Gasteiger partial charge >= 0.3 is 0 Å². The third kappa shape index (κ3) is 2.27. The predicted molar refractivity (Wildman–Crippen MR) is 72.8 cm³/mol. The number of aromatic nitrogens is 1. The zero-order valence-corrected chi connectivity index (χ0v) is 10.7. The van der Waals surface area contributed by atoms with Crippen LogP contribution in [0, 0.1) is 5.82 Å². The van der Waals surface area contributed by atoms with Gasteiger partial charge in [0.05, 0.1) is 21.2 Å². The Morgan fingerprint density at radius 1 is 0.947 bits per heavy atom. The quantitative estimate of drug-likeness (QED) is 0.713. The van der Waals surface area contributed by atoms with Gasteiger partial charge in [-0.3, -0.25) is 4.98 Å². The van der Waals surface area contributed by atoms with Crippen molar-refractivity contribution >= 4 is 21.7 Å². The molecule has 2 aromatic carbocycles. The Bertz CT molecular complexity index is 750. The number of para-hydroxylation sites is 1. The van der Waals surface area contributed by atoms with Crippen LogP contribution in [-0.4, -0.2) is 9.19 Å². The average molecular weight is 271 g/mol. The molecule has 94 valence electrons. The van der Waals surface area contributed by atoms with E-state index in [1.165, 1.54) is 24.3 Å². The van der Waals surface area contributed by atoms with Gasteiger partial charge in [0.25, 0.3) is 0 Å². The lowest BCUT2D eigenvalue weighted by Crippen LogP contribution is -1.95. The number of benzene rings is 2. The van der Waals surface area contributed by atoms with Crippen LogP contribution in [-0.2, 0) is 10.8 Å². The summed E-state index contributed by atoms with van der Waals surface area (Å²) >= 11 is 0. The lowest BCUT2D eigenvalue weighted by atomic mass is 10.2. The van der Waals surface area contributed by atoms with E-state index >= 15 is 0 Å². The zero-order valence-electron chi connectivity index (χ0n) is 9.92. The summed E-state index contributed by atoms with van der Waals surface area (Å²) in [5.74, 6) is -0.336. The van der Waals surface area contributed by atoms with Crippen LogP contribution in [0.5, 0.6) is 0 Å². The maximum absolute atomic E-state index is 12.9. The smallest absolute Gasteiger partial charge is 0.123 e. The fourth-order valence-electron chi connectivity index (χ4n) is 1.91. The van der Waals surface area contributed by atoms with E-state index in [4.69, 9.17) is 0 Å². The van der Waals surface area contributed by atoms with E-state index in [1.807, 2.05) is 24.3 Å². The molecule has 0 amide bonds. The van der Waals surface area contributed by atoms with Crippen LogP contribution in [0.3, 0.4) is 0 Å². The molecule has 3 aromatic rings. The second-order valence-corrected chi connectivity index (χ2v) is 5.50. The van der Waals surface area contributed by atoms with Crippen LogP contribution in [0.25, 0.3) is 10.9 Å². The molecule has 3 rings (SSSR count). The summed E-state index contributed by atoms with van der Waals surface area (Å²) in [6.45, 7) is 0. The van der Waals surface area contributed by atoms with Crippen LogP contribution in [0.15, 0.2) is 70.6 Å². The Balaban J connectivity index is 2.14. The van der Waals surface area contributed by atoms with Gasteiger partial charge in [0.15, 0.2) is 0 Å². The summed E-state index contributed by atoms with van der Waals surface area (Å²) < 4.78 is 25.4. The molecule has 0 aliphatic heterocycles. The molecular formula is C15H10FNOS. The standard InChI is InChI=1S/C15H10FNOS/c16-12-6-8-13(9-7-12)19(18)14-5-1-3-11-4-2-10-17-15(11)14/h1-10H. The van der Waals surface area contributed by atoms with Gasteiger partial charge in [0.2, 0.25) is 0 Å². The van der Waals surface area contributed by atoms with Gasteiger partial charge in [-0.2, -0.15) is 0 Å². The van der Waals surface area contributed by atoms with Crippen molar-refractivity contribution in [3.63, 3.8) is 0 Å². The van der Waals surface area contributed by atoms with Crippen molar-refractivity contribution in [2.75, 3.05) is 0 Å². The number of halogens is 1. The first kappa shape index (κ1) is 12.0. The maximum Gasteiger partial charge on any atom is 0.123 e. The summed E-state index contributed by atoms with van der Waals surface area (Å²) in [5, 5.41) is 0.940. The highest BCUT2D eigenvalue weighted by molar-refractivity contribution is 7.85. The molecule has 0 bridgehead atoms. The van der Waals surface area contributed by atoms with Crippen LogP contribution in [0.1, 0.15) is 0 Å². The van der Waals surface area contributed by atoms with E-state index in [-0.39, 0.29) is 5.82 Å². The average Bonchev–Trinajstić information content (AvgIpc) is 2.47. The molecular weight excluding hydrogens is 261 g/mol. The first-order chi connectivity index (χ1) is 9.25. The Morgan fingerprint density at radius 3 is 2.47 bits per heavy atom. The van der Waals surface area contributed by atoms with Gasteiger partial charge in [0.1, 0.15) is 5.82 Å². The Labute approximate surface area is 112 Å². The molecule has 1 unspecified atom stereocenters. The molecule has 1 atom stereocenters. The SMILES string of the molecule is O=S(c1ccc(F)cc1)c1cccc2cccnc12. The second kappa shape index (κ2) is 4.90. The Hall–Kier alpha value is -2.07. The van der Waals surface area contributed by atoms with Gasteiger partial charge in [-0.25, -0.2) is 8.60 Å². The van der Waals surface area contributed by atoms with Crippen LogP contribution >= 0.6 is 0 Å². The zero-order chi connectivity index (χ0) is 13.2. The van der Waals surface area contributed by atoms with Crippen molar-refractivity contribution in [3.05, 3.63) is 66.6 Å². The van der Waals surface area contributed by atoms with E-state index in [1.54, 1.807) is 12.3 Å². The molecule has 19 heavy (non-hydrogen) atoms. The number of pyridine rings is 1. The topological polar surface area (TPSA) is 30.0 Å². The Kier molecular flexibility index (Phi) is 3.09. The van der Waals surface area contributed by atoms with Crippen molar-refractivity contribution in [2.24, 2.45) is 0 Å². The maximum atomic E-state index is 12.9. The third-order valence-electron chi connectivity index (χ3n) is 2.82. The van der Waals surface area contributed by atoms with E-state index in [0.717, 1.165) is 5.39 Å². The van der Waals surface area contributed by atoms with Crippen molar-refractivity contribution in [1.82, 2.24) is 4.98 Å². The highest BCUT2D eigenvalue weighted by atomic mass is 32.2. The summed E-state index contributed by atoms with van der Waals surface area (Å²) in [4.78, 5) is 5.49. The fraction of sp³-hybridized carbons (Fsp3) is 0. The molecule has 1 aromatic heterocycles. The second-order valence-electron chi connectivity index (χ2n) is 4.05. The summed E-state index contributed by atoms with van der Waals surface area (Å²) in [6, 6.07) is 15.0. The molecule has 0 aliphatic carbocycles. The van der Waals surface area contributed by atoms with Crippen molar-refractivity contribution in [1.29, 1.82) is 0 Å². The van der Waals surface area contributed by atoms with Crippen LogP contribution in [0.4, 0.5) is 4.39 Å². The minimum atomic E-state index is -1.36. The van der Waals surface area contributed by atoms with E-state index < -0.39 is 10.8 Å². The molecule has 2 nitrogen and oxygen atoms in total. The van der Waals surface area contributed by atoms with Crippen LogP contribution in [0.2, 0.25) is 0 Å². The number of hydrogen-bond donors (Lipinski definition) is 0.